The summed E-state index contributed by atoms with van der Waals surface area (Å²) in [4.78, 5) is 34.4. The summed E-state index contributed by atoms with van der Waals surface area (Å²) >= 11 is 0. The van der Waals surface area contributed by atoms with Crippen molar-refractivity contribution < 1.29 is 14.3 Å². The van der Waals surface area contributed by atoms with Crippen LogP contribution in [0.25, 0.3) is 0 Å². The number of carbonyl (C=O) groups is 2. The lowest BCUT2D eigenvalue weighted by Gasteiger charge is -2.43. The Hall–Kier alpha value is -2.83. The van der Waals surface area contributed by atoms with E-state index in [1.54, 1.807) is 16.8 Å². The van der Waals surface area contributed by atoms with Gasteiger partial charge in [-0.1, -0.05) is 6.07 Å². The summed E-state index contributed by atoms with van der Waals surface area (Å²) in [6.45, 7) is 5.03. The second kappa shape index (κ2) is 6.96. The van der Waals surface area contributed by atoms with Crippen LogP contribution in [-0.2, 0) is 4.79 Å². The molecule has 7 nitrogen and oxygen atoms in total. The molecular formula is C18H22N4O3. The maximum atomic E-state index is 12.2. The number of imidazole rings is 1. The van der Waals surface area contributed by atoms with Crippen molar-refractivity contribution >= 4 is 11.8 Å². The highest BCUT2D eigenvalue weighted by molar-refractivity contribution is 5.92. The van der Waals surface area contributed by atoms with Crippen molar-refractivity contribution in [3.8, 4) is 5.75 Å². The van der Waals surface area contributed by atoms with Gasteiger partial charge >= 0.3 is 0 Å². The van der Waals surface area contributed by atoms with Crippen LogP contribution < -0.4 is 4.74 Å². The first-order valence-electron chi connectivity index (χ1n) is 8.18. The lowest BCUT2D eigenvalue weighted by Crippen LogP contribution is -2.62. The van der Waals surface area contributed by atoms with Crippen LogP contribution in [0.1, 0.15) is 21.6 Å². The van der Waals surface area contributed by atoms with Crippen LogP contribution in [0.4, 0.5) is 0 Å². The third-order valence-electron chi connectivity index (χ3n) is 4.37. The normalized spacial score (nSPS) is 14.1. The Morgan fingerprint density at radius 3 is 2.56 bits per heavy atom. The Morgan fingerprint density at radius 2 is 1.96 bits per heavy atom. The van der Waals surface area contributed by atoms with Gasteiger partial charge in [0.15, 0.2) is 6.61 Å². The second-order valence-electron chi connectivity index (χ2n) is 6.45. The Kier molecular flexibility index (Phi) is 4.74. The van der Waals surface area contributed by atoms with Crippen LogP contribution in [0.15, 0.2) is 30.7 Å². The van der Waals surface area contributed by atoms with Gasteiger partial charge in [0.2, 0.25) is 0 Å². The summed E-state index contributed by atoms with van der Waals surface area (Å²) < 4.78 is 5.60. The van der Waals surface area contributed by atoms with Gasteiger partial charge in [-0.2, -0.15) is 0 Å². The lowest BCUT2D eigenvalue weighted by atomic mass is 10.1. The van der Waals surface area contributed by atoms with Crippen LogP contribution in [-0.4, -0.2) is 64.4 Å². The standard InChI is InChI=1S/C18H22N4O3/c1-12-4-13(2)6-15(5-12)25-10-17(23)22-8-14(9-22)21(3)18(24)16-7-19-11-20-16/h4-7,11,14H,8-10H2,1-3H3,(H,19,20). The molecule has 0 bridgehead atoms. The number of nitrogens with zero attached hydrogens (tertiary/aromatic N) is 3. The summed E-state index contributed by atoms with van der Waals surface area (Å²) in [5.41, 5.74) is 2.65. The SMILES string of the molecule is Cc1cc(C)cc(OCC(=O)N2CC(N(C)C(=O)c3cnc[nH]3)C2)c1. The van der Waals surface area contributed by atoms with Gasteiger partial charge in [-0.25, -0.2) is 4.98 Å². The molecule has 1 saturated heterocycles. The van der Waals surface area contributed by atoms with Crippen molar-refractivity contribution in [3.05, 3.63) is 47.5 Å². The van der Waals surface area contributed by atoms with Crippen LogP contribution in [0.5, 0.6) is 5.75 Å². The number of hydrogen-bond donors (Lipinski definition) is 1. The molecule has 2 heterocycles. The van der Waals surface area contributed by atoms with Crippen LogP contribution in [0.3, 0.4) is 0 Å². The number of H-pyrrole nitrogens is 1. The summed E-state index contributed by atoms with van der Waals surface area (Å²) in [6, 6.07) is 5.90. The molecule has 0 atom stereocenters. The number of aromatic nitrogens is 2. The smallest absolute Gasteiger partial charge is 0.272 e. The van der Waals surface area contributed by atoms with E-state index in [0.717, 1.165) is 11.1 Å². The fraction of sp³-hybridized carbons (Fsp3) is 0.389. The number of ether oxygens (including phenoxy) is 1. The Balaban J connectivity index is 1.47. The molecule has 1 aliphatic rings. The first-order chi connectivity index (χ1) is 11.9. The number of benzene rings is 1. The topological polar surface area (TPSA) is 78.5 Å². The molecule has 7 heteroatoms. The van der Waals surface area contributed by atoms with Crippen LogP contribution in [0.2, 0.25) is 0 Å². The molecule has 0 saturated carbocycles. The molecular weight excluding hydrogens is 320 g/mol. The number of carbonyl (C=O) groups excluding carboxylic acids is 2. The van der Waals surface area contributed by atoms with E-state index in [1.807, 2.05) is 26.0 Å². The highest BCUT2D eigenvalue weighted by Crippen LogP contribution is 2.18. The van der Waals surface area contributed by atoms with Gasteiger partial charge in [0.1, 0.15) is 11.4 Å². The minimum Gasteiger partial charge on any atom is -0.484 e. The average molecular weight is 342 g/mol. The Bertz CT molecular complexity index is 746. The fourth-order valence-electron chi connectivity index (χ4n) is 2.89. The Morgan fingerprint density at radius 1 is 1.28 bits per heavy atom. The molecule has 132 valence electrons. The number of nitrogens with one attached hydrogen (secondary N) is 1. The predicted octanol–water partition coefficient (Wildman–Crippen LogP) is 1.39. The zero-order valence-corrected chi connectivity index (χ0v) is 14.7. The van der Waals surface area contributed by atoms with Crippen molar-refractivity contribution in [2.24, 2.45) is 0 Å². The van der Waals surface area contributed by atoms with E-state index in [2.05, 4.69) is 16.0 Å². The lowest BCUT2D eigenvalue weighted by molar-refractivity contribution is -0.139. The number of likely N-dealkylation sites (N-methyl/N-ethyl adjacent to an activating group) is 1. The molecule has 0 radical (unpaired) electrons. The van der Waals surface area contributed by atoms with Gasteiger partial charge in [-0.3, -0.25) is 9.59 Å². The van der Waals surface area contributed by atoms with E-state index < -0.39 is 0 Å². The summed E-state index contributed by atoms with van der Waals surface area (Å²) in [6.07, 6.45) is 2.97. The van der Waals surface area contributed by atoms with E-state index in [1.165, 1.54) is 12.5 Å². The van der Waals surface area contributed by atoms with Crippen LogP contribution in [0, 0.1) is 13.8 Å². The molecule has 0 spiro atoms. The van der Waals surface area contributed by atoms with E-state index in [4.69, 9.17) is 4.74 Å². The number of rotatable bonds is 5. The van der Waals surface area contributed by atoms with Gasteiger partial charge in [0.05, 0.1) is 18.6 Å². The highest BCUT2D eigenvalue weighted by atomic mass is 16.5. The maximum Gasteiger partial charge on any atom is 0.272 e. The first-order valence-corrected chi connectivity index (χ1v) is 8.18. The van der Waals surface area contributed by atoms with Gasteiger partial charge in [0, 0.05) is 20.1 Å². The number of likely N-dealkylation sites (tertiary alicyclic amines) is 1. The van der Waals surface area contributed by atoms with Gasteiger partial charge in [0.25, 0.3) is 11.8 Å². The van der Waals surface area contributed by atoms with Crippen molar-refractivity contribution in [1.29, 1.82) is 0 Å². The minimum absolute atomic E-state index is 0.00776. The van der Waals surface area contributed by atoms with E-state index in [-0.39, 0.29) is 24.5 Å². The van der Waals surface area contributed by atoms with E-state index >= 15 is 0 Å². The molecule has 1 aromatic heterocycles. The van der Waals surface area contributed by atoms with E-state index in [9.17, 15) is 9.59 Å². The molecule has 0 unspecified atom stereocenters. The predicted molar refractivity (Wildman–Crippen MR) is 92.5 cm³/mol. The molecule has 0 aliphatic carbocycles. The summed E-state index contributed by atoms with van der Waals surface area (Å²) in [5.74, 6) is 0.508. The molecule has 1 fully saturated rings. The molecule has 25 heavy (non-hydrogen) atoms. The third kappa shape index (κ3) is 3.81. The number of hydrogen-bond acceptors (Lipinski definition) is 4. The average Bonchev–Trinajstić information content (AvgIpc) is 3.04. The van der Waals surface area contributed by atoms with Crippen molar-refractivity contribution in [2.75, 3.05) is 26.7 Å². The molecule has 2 amide bonds. The molecule has 1 aromatic carbocycles. The largest absolute Gasteiger partial charge is 0.484 e. The van der Waals surface area contributed by atoms with Crippen molar-refractivity contribution in [2.45, 2.75) is 19.9 Å². The minimum atomic E-state index is -0.124. The number of amides is 2. The zero-order valence-electron chi connectivity index (χ0n) is 14.7. The quantitative estimate of drug-likeness (QED) is 0.891. The molecule has 1 aliphatic heterocycles. The number of aromatic amines is 1. The Labute approximate surface area is 146 Å². The van der Waals surface area contributed by atoms with E-state index in [0.29, 0.717) is 24.5 Å². The van der Waals surface area contributed by atoms with Crippen LogP contribution >= 0.6 is 0 Å². The molecule has 2 aromatic rings. The second-order valence-corrected chi connectivity index (χ2v) is 6.45. The number of aryl methyl sites for hydroxylation is 2. The third-order valence-corrected chi connectivity index (χ3v) is 4.37. The fourth-order valence-corrected chi connectivity index (χ4v) is 2.89. The summed E-state index contributed by atoms with van der Waals surface area (Å²) in [7, 11) is 1.74. The molecule has 3 rings (SSSR count). The first kappa shape index (κ1) is 17.0. The summed E-state index contributed by atoms with van der Waals surface area (Å²) in [5, 5.41) is 0. The maximum absolute atomic E-state index is 12.2. The zero-order chi connectivity index (χ0) is 18.0. The van der Waals surface area contributed by atoms with Gasteiger partial charge in [-0.05, 0) is 37.1 Å². The monoisotopic (exact) mass is 342 g/mol. The molecule has 1 N–H and O–H groups in total. The van der Waals surface area contributed by atoms with Crippen molar-refractivity contribution in [1.82, 2.24) is 19.8 Å². The highest BCUT2D eigenvalue weighted by Gasteiger charge is 2.35. The van der Waals surface area contributed by atoms with Crippen molar-refractivity contribution in [3.63, 3.8) is 0 Å². The van der Waals surface area contributed by atoms with Gasteiger partial charge < -0.3 is 19.5 Å². The van der Waals surface area contributed by atoms with Gasteiger partial charge in [-0.15, -0.1) is 0 Å².